The first-order valence-corrected chi connectivity index (χ1v) is 7.64. The molecule has 0 aromatic heterocycles. The molecular weight excluding hydrogens is 229 g/mol. The molecule has 0 heterocycles. The third-order valence-corrected chi connectivity index (χ3v) is 3.71. The number of nitrogens with zero attached hydrogens (tertiary/aromatic N) is 1. The normalized spacial score (nSPS) is 12.4. The zero-order chi connectivity index (χ0) is 9.94. The number of rotatable bonds is 8. The van der Waals surface area contributed by atoms with E-state index in [0.717, 1.165) is 0 Å². The van der Waals surface area contributed by atoms with E-state index in [9.17, 15) is 0 Å². The quantitative estimate of drug-likeness (QED) is 0.304. The fraction of sp³-hybridized carbons (Fsp3) is 0.833. The summed E-state index contributed by atoms with van der Waals surface area (Å²) in [6.45, 7) is 2.27. The van der Waals surface area contributed by atoms with E-state index in [1.165, 1.54) is 21.6 Å². The van der Waals surface area contributed by atoms with Gasteiger partial charge in [0.05, 0.1) is 25.0 Å². The minimum absolute atomic E-state index is 0.0883. The Bertz CT molecular complexity index is 155. The Hall–Kier alpha value is 0.500. The van der Waals surface area contributed by atoms with Crippen LogP contribution in [0.15, 0.2) is 0 Å². The lowest BCUT2D eigenvalue weighted by Crippen LogP contribution is -1.90. The monoisotopic (exact) mass is 241 g/mol. The zero-order valence-electron chi connectivity index (χ0n) is 7.30. The lowest BCUT2D eigenvalue weighted by molar-refractivity contribution is 0.287. The topological polar surface area (TPSA) is 62.5 Å². The second kappa shape index (κ2) is 10.6. The maximum atomic E-state index is 8.43. The summed E-state index contributed by atoms with van der Waals surface area (Å²) >= 11 is 0. The van der Waals surface area contributed by atoms with E-state index in [-0.39, 0.29) is 5.94 Å². The molecule has 0 aliphatic heterocycles. The van der Waals surface area contributed by atoms with Crippen LogP contribution in [0.2, 0.25) is 0 Å². The number of aliphatic hydroxyl groups excluding tert-OH is 1. The van der Waals surface area contributed by atoms with E-state index >= 15 is 0 Å². The summed E-state index contributed by atoms with van der Waals surface area (Å²) in [6.07, 6.45) is 0.397. The van der Waals surface area contributed by atoms with Crippen LogP contribution in [0.25, 0.3) is 0 Å². The van der Waals surface area contributed by atoms with Gasteiger partial charge < -0.3 is 14.2 Å². The molecule has 0 spiro atoms. The molecule has 1 unspecified atom stereocenters. The molecule has 0 aliphatic carbocycles. The van der Waals surface area contributed by atoms with Crippen LogP contribution in [-0.2, 0) is 9.05 Å². The molecule has 0 amide bonds. The van der Waals surface area contributed by atoms with Crippen LogP contribution in [0.1, 0.15) is 6.42 Å². The van der Waals surface area contributed by atoms with Gasteiger partial charge in [0.15, 0.2) is 8.38 Å². The molecule has 0 fully saturated rings. The van der Waals surface area contributed by atoms with Crippen molar-refractivity contribution in [3.8, 4) is 6.07 Å². The Kier molecular flexibility index (Phi) is 11.0. The lowest BCUT2D eigenvalue weighted by atomic mass is 10.5. The number of aliphatic hydroxyl groups is 1. The van der Waals surface area contributed by atoms with Crippen molar-refractivity contribution in [2.45, 2.75) is 6.42 Å². The Balaban J connectivity index is 3.11. The highest BCUT2D eigenvalue weighted by Crippen LogP contribution is 2.36. The average Bonchev–Trinajstić information content (AvgIpc) is 2.13. The molecule has 13 heavy (non-hydrogen) atoms. The van der Waals surface area contributed by atoms with Crippen LogP contribution in [0.5, 0.6) is 0 Å². The highest BCUT2D eigenvalue weighted by atomic mass is 33.1. The molecule has 0 aliphatic rings. The smallest absolute Gasteiger partial charge is 0.168 e. The maximum Gasteiger partial charge on any atom is 0.168 e. The van der Waals surface area contributed by atoms with Gasteiger partial charge in [-0.3, -0.25) is 0 Å². The maximum absolute atomic E-state index is 8.43. The number of nitriles is 1. The first-order chi connectivity index (χ1) is 6.31. The molecule has 0 saturated heterocycles. The van der Waals surface area contributed by atoms with Gasteiger partial charge in [0, 0.05) is 6.66 Å². The third-order valence-electron chi connectivity index (χ3n) is 0.906. The summed E-state index contributed by atoms with van der Waals surface area (Å²) in [5.74, 6) is 0.588. The predicted octanol–water partition coefficient (Wildman–Crippen LogP) is 2.16. The Morgan fingerprint density at radius 1 is 1.46 bits per heavy atom. The van der Waals surface area contributed by atoms with E-state index in [2.05, 4.69) is 0 Å². The molecule has 0 rings (SSSR count). The van der Waals surface area contributed by atoms with Gasteiger partial charge in [0.1, 0.15) is 5.94 Å². The van der Waals surface area contributed by atoms with Crippen molar-refractivity contribution >= 4 is 30.0 Å². The van der Waals surface area contributed by atoms with Crippen molar-refractivity contribution < 1.29 is 14.2 Å². The van der Waals surface area contributed by atoms with Crippen molar-refractivity contribution in [1.29, 1.82) is 5.26 Å². The van der Waals surface area contributed by atoms with Gasteiger partial charge in [-0.2, -0.15) is 5.26 Å². The molecule has 1 atom stereocenters. The summed E-state index contributed by atoms with van der Waals surface area (Å²) in [5.41, 5.74) is 0. The second-order valence-corrected chi connectivity index (χ2v) is 5.57. The summed E-state index contributed by atoms with van der Waals surface area (Å²) in [6, 6.07) is 1.99. The molecule has 1 N–H and O–H groups in total. The van der Waals surface area contributed by atoms with E-state index < -0.39 is 8.38 Å². The van der Waals surface area contributed by atoms with Gasteiger partial charge in [-0.1, -0.05) is 21.6 Å². The molecule has 0 bridgehead atoms. The van der Waals surface area contributed by atoms with E-state index in [1.54, 1.807) is 0 Å². The van der Waals surface area contributed by atoms with Crippen molar-refractivity contribution in [3.05, 3.63) is 0 Å². The van der Waals surface area contributed by atoms with Crippen LogP contribution in [0, 0.1) is 11.3 Å². The zero-order valence-corrected chi connectivity index (χ0v) is 9.83. The molecule has 0 aromatic rings. The van der Waals surface area contributed by atoms with Gasteiger partial charge >= 0.3 is 0 Å². The first-order valence-electron chi connectivity index (χ1n) is 3.53. The molecule has 0 saturated carbocycles. The second-order valence-electron chi connectivity index (χ2n) is 1.79. The summed E-state index contributed by atoms with van der Waals surface area (Å²) in [5, 5.41) is 16.7. The Morgan fingerprint density at radius 3 is 2.85 bits per heavy atom. The minimum atomic E-state index is -0.876. The third kappa shape index (κ3) is 10.4. The van der Waals surface area contributed by atoms with Crippen LogP contribution in [0.4, 0.5) is 0 Å². The minimum Gasteiger partial charge on any atom is -0.385 e. The fourth-order valence-corrected chi connectivity index (χ4v) is 2.57. The largest absolute Gasteiger partial charge is 0.385 e. The van der Waals surface area contributed by atoms with Crippen molar-refractivity contribution in [2.24, 2.45) is 0 Å². The summed E-state index contributed by atoms with van der Waals surface area (Å²) in [7, 11) is 1.89. The van der Waals surface area contributed by atoms with Gasteiger partial charge in [-0.25, -0.2) is 0 Å². The van der Waals surface area contributed by atoms with Crippen LogP contribution in [0.3, 0.4) is 0 Å². The van der Waals surface area contributed by atoms with Gasteiger partial charge in [0.2, 0.25) is 0 Å². The highest BCUT2D eigenvalue weighted by Gasteiger charge is 2.01. The SMILES string of the molecule is CP(OCCC#N)OCSSCO. The van der Waals surface area contributed by atoms with E-state index in [4.69, 9.17) is 19.4 Å². The standard InChI is InChI=1S/C6H12NO3PS2/c1-11(9-4-2-3-7)10-6-13-12-5-8/h8H,2,4-6H2,1H3. The fourth-order valence-electron chi connectivity index (χ4n) is 0.424. The van der Waals surface area contributed by atoms with Gasteiger partial charge in [-0.15, -0.1) is 0 Å². The molecule has 4 nitrogen and oxygen atoms in total. The van der Waals surface area contributed by atoms with Crippen molar-refractivity contribution in [2.75, 3.05) is 25.1 Å². The summed E-state index contributed by atoms with van der Waals surface area (Å²) in [4.78, 5) is 0. The Labute approximate surface area is 87.3 Å². The van der Waals surface area contributed by atoms with Crippen molar-refractivity contribution in [1.82, 2.24) is 0 Å². The van der Waals surface area contributed by atoms with Gasteiger partial charge in [0.25, 0.3) is 0 Å². The molecule has 7 heteroatoms. The highest BCUT2D eigenvalue weighted by molar-refractivity contribution is 8.76. The van der Waals surface area contributed by atoms with E-state index in [0.29, 0.717) is 19.0 Å². The van der Waals surface area contributed by atoms with Crippen LogP contribution in [-0.4, -0.2) is 30.3 Å². The number of hydrogen-bond donors (Lipinski definition) is 1. The van der Waals surface area contributed by atoms with Crippen molar-refractivity contribution in [3.63, 3.8) is 0 Å². The van der Waals surface area contributed by atoms with Crippen LogP contribution >= 0.6 is 30.0 Å². The molecular formula is C6H12NO3PS2. The van der Waals surface area contributed by atoms with E-state index in [1.807, 2.05) is 12.7 Å². The number of hydrogen-bond acceptors (Lipinski definition) is 6. The van der Waals surface area contributed by atoms with Gasteiger partial charge in [-0.05, 0) is 0 Å². The molecule has 0 aromatic carbocycles. The molecule has 0 radical (unpaired) electrons. The average molecular weight is 241 g/mol. The first kappa shape index (κ1) is 13.5. The predicted molar refractivity (Wildman–Crippen MR) is 57.2 cm³/mol. The Morgan fingerprint density at radius 2 is 2.23 bits per heavy atom. The summed E-state index contributed by atoms with van der Waals surface area (Å²) < 4.78 is 10.5. The van der Waals surface area contributed by atoms with Crippen LogP contribution < -0.4 is 0 Å². The molecule has 76 valence electrons. The lowest BCUT2D eigenvalue weighted by Gasteiger charge is -2.10.